The Bertz CT molecular complexity index is 487. The molecule has 0 aliphatic heterocycles. The van der Waals surface area contributed by atoms with Crippen molar-refractivity contribution >= 4 is 0 Å². The summed E-state index contributed by atoms with van der Waals surface area (Å²) >= 11 is 0. The largest absolute Gasteiger partial charge is 0.326 e. The summed E-state index contributed by atoms with van der Waals surface area (Å²) in [6.45, 7) is 4.74. The lowest BCUT2D eigenvalue weighted by molar-refractivity contribution is 1.05. The van der Waals surface area contributed by atoms with E-state index in [1.807, 2.05) is 18.3 Å². The van der Waals surface area contributed by atoms with Gasteiger partial charge in [-0.2, -0.15) is 0 Å². The van der Waals surface area contributed by atoms with E-state index in [0.717, 1.165) is 11.3 Å². The van der Waals surface area contributed by atoms with Gasteiger partial charge in [0, 0.05) is 18.3 Å². The molecule has 2 nitrogen and oxygen atoms in total. The van der Waals surface area contributed by atoms with Gasteiger partial charge in [0.1, 0.15) is 0 Å². The summed E-state index contributed by atoms with van der Waals surface area (Å²) in [5.41, 5.74) is 11.3. The van der Waals surface area contributed by atoms with Crippen LogP contribution in [0.3, 0.4) is 0 Å². The van der Waals surface area contributed by atoms with Crippen molar-refractivity contribution in [3.63, 3.8) is 0 Å². The minimum absolute atomic E-state index is 0.542. The molecule has 2 heteroatoms. The molecule has 16 heavy (non-hydrogen) atoms. The van der Waals surface area contributed by atoms with Gasteiger partial charge in [-0.05, 0) is 37.1 Å². The topological polar surface area (TPSA) is 38.9 Å². The molecule has 0 fully saturated rings. The van der Waals surface area contributed by atoms with Crippen LogP contribution in [0, 0.1) is 13.8 Å². The van der Waals surface area contributed by atoms with Crippen LogP contribution in [-0.4, -0.2) is 4.98 Å². The van der Waals surface area contributed by atoms with Crippen LogP contribution in [-0.2, 0) is 6.54 Å². The first-order chi connectivity index (χ1) is 7.70. The molecule has 82 valence electrons. The van der Waals surface area contributed by atoms with E-state index < -0.39 is 0 Å². The summed E-state index contributed by atoms with van der Waals surface area (Å²) in [5, 5.41) is 0. The molecule has 0 aliphatic rings. The number of benzene rings is 1. The summed E-state index contributed by atoms with van der Waals surface area (Å²) in [4.78, 5) is 4.44. The van der Waals surface area contributed by atoms with Crippen LogP contribution in [0.25, 0.3) is 11.3 Å². The molecule has 1 aromatic carbocycles. The molecule has 0 aliphatic carbocycles. The maximum absolute atomic E-state index is 5.55. The maximum Gasteiger partial charge on any atom is 0.0704 e. The molecule has 2 aromatic rings. The fraction of sp³-hybridized carbons (Fsp3) is 0.214. The lowest BCUT2D eigenvalue weighted by Crippen LogP contribution is -1.97. The zero-order valence-corrected chi connectivity index (χ0v) is 9.70. The van der Waals surface area contributed by atoms with Gasteiger partial charge in [-0.1, -0.05) is 23.8 Å². The molecule has 0 radical (unpaired) electrons. The molecule has 0 saturated carbocycles. The Morgan fingerprint density at radius 3 is 2.56 bits per heavy atom. The minimum Gasteiger partial charge on any atom is -0.326 e. The third-order valence-electron chi connectivity index (χ3n) is 2.73. The fourth-order valence-corrected chi connectivity index (χ4v) is 1.72. The highest BCUT2D eigenvalue weighted by molar-refractivity contribution is 5.64. The summed E-state index contributed by atoms with van der Waals surface area (Å²) in [6, 6.07) is 10.5. The summed E-state index contributed by atoms with van der Waals surface area (Å²) < 4.78 is 0. The Hall–Kier alpha value is -1.67. The molecule has 1 heterocycles. The minimum atomic E-state index is 0.542. The Kier molecular flexibility index (Phi) is 3.02. The number of aromatic nitrogens is 1. The first-order valence-corrected chi connectivity index (χ1v) is 5.43. The second-order valence-corrected chi connectivity index (χ2v) is 4.07. The van der Waals surface area contributed by atoms with Gasteiger partial charge in [0.15, 0.2) is 0 Å². The van der Waals surface area contributed by atoms with Gasteiger partial charge in [0.05, 0.1) is 5.69 Å². The number of hydrogen-bond donors (Lipinski definition) is 1. The lowest BCUT2D eigenvalue weighted by atomic mass is 10.0. The number of hydrogen-bond acceptors (Lipinski definition) is 2. The smallest absolute Gasteiger partial charge is 0.0704 e. The van der Waals surface area contributed by atoms with Gasteiger partial charge in [-0.15, -0.1) is 0 Å². The predicted octanol–water partition coefficient (Wildman–Crippen LogP) is 2.82. The Balaban J connectivity index is 2.45. The summed E-state index contributed by atoms with van der Waals surface area (Å²) in [5.74, 6) is 0. The highest BCUT2D eigenvalue weighted by Crippen LogP contribution is 2.22. The normalized spacial score (nSPS) is 10.4. The number of nitrogens with two attached hydrogens (primary N) is 1. The van der Waals surface area contributed by atoms with Crippen molar-refractivity contribution in [2.45, 2.75) is 20.4 Å². The average Bonchev–Trinajstić information content (AvgIpc) is 2.32. The van der Waals surface area contributed by atoms with Crippen LogP contribution in [0.15, 0.2) is 36.5 Å². The van der Waals surface area contributed by atoms with Crippen molar-refractivity contribution in [2.75, 3.05) is 0 Å². The van der Waals surface area contributed by atoms with Crippen molar-refractivity contribution < 1.29 is 0 Å². The zero-order chi connectivity index (χ0) is 11.5. The quantitative estimate of drug-likeness (QED) is 0.831. The van der Waals surface area contributed by atoms with Crippen molar-refractivity contribution in [1.29, 1.82) is 0 Å². The Morgan fingerprint density at radius 1 is 1.12 bits per heavy atom. The first kappa shape index (κ1) is 10.8. The van der Waals surface area contributed by atoms with Crippen molar-refractivity contribution in [3.05, 3.63) is 53.2 Å². The van der Waals surface area contributed by atoms with Gasteiger partial charge in [-0.3, -0.25) is 4.98 Å². The average molecular weight is 212 g/mol. The van der Waals surface area contributed by atoms with Crippen molar-refractivity contribution in [2.24, 2.45) is 5.73 Å². The van der Waals surface area contributed by atoms with Gasteiger partial charge in [0.25, 0.3) is 0 Å². The molecule has 0 atom stereocenters. The van der Waals surface area contributed by atoms with Crippen molar-refractivity contribution in [1.82, 2.24) is 4.98 Å². The van der Waals surface area contributed by atoms with Crippen LogP contribution in [0.4, 0.5) is 0 Å². The van der Waals surface area contributed by atoms with E-state index in [1.54, 1.807) is 0 Å². The highest BCUT2D eigenvalue weighted by Gasteiger charge is 2.03. The molecule has 2 N–H and O–H groups in total. The van der Waals surface area contributed by atoms with E-state index in [2.05, 4.69) is 37.0 Å². The van der Waals surface area contributed by atoms with Crippen LogP contribution >= 0.6 is 0 Å². The Labute approximate surface area is 96.1 Å². The van der Waals surface area contributed by atoms with Crippen LogP contribution in [0.2, 0.25) is 0 Å². The van der Waals surface area contributed by atoms with Crippen LogP contribution in [0.5, 0.6) is 0 Å². The molecule has 2 rings (SSSR count). The molecule has 0 spiro atoms. The first-order valence-electron chi connectivity index (χ1n) is 5.43. The third-order valence-corrected chi connectivity index (χ3v) is 2.73. The molecule has 0 saturated heterocycles. The molecular formula is C14H16N2. The van der Waals surface area contributed by atoms with Crippen LogP contribution in [0.1, 0.15) is 16.7 Å². The van der Waals surface area contributed by atoms with E-state index in [1.165, 1.54) is 16.7 Å². The van der Waals surface area contributed by atoms with Gasteiger partial charge >= 0.3 is 0 Å². The highest BCUT2D eigenvalue weighted by atomic mass is 14.7. The second kappa shape index (κ2) is 4.45. The molecule has 0 bridgehead atoms. The summed E-state index contributed by atoms with van der Waals surface area (Å²) in [6.07, 6.45) is 1.84. The third kappa shape index (κ3) is 2.12. The molecule has 1 aromatic heterocycles. The number of nitrogens with zero attached hydrogens (tertiary/aromatic N) is 1. The number of rotatable bonds is 2. The van der Waals surface area contributed by atoms with E-state index in [-0.39, 0.29) is 0 Å². The standard InChI is InChI=1S/C14H16N2/c1-10-3-4-11(2)13(7-10)14-6-5-12(8-15)9-16-14/h3-7,9H,8,15H2,1-2H3. The van der Waals surface area contributed by atoms with Crippen molar-refractivity contribution in [3.8, 4) is 11.3 Å². The summed E-state index contributed by atoms with van der Waals surface area (Å²) in [7, 11) is 0. The van der Waals surface area contributed by atoms with Crippen LogP contribution < -0.4 is 5.73 Å². The Morgan fingerprint density at radius 2 is 1.94 bits per heavy atom. The maximum atomic E-state index is 5.55. The lowest BCUT2D eigenvalue weighted by Gasteiger charge is -2.07. The van der Waals surface area contributed by atoms with Gasteiger partial charge in [-0.25, -0.2) is 0 Å². The van der Waals surface area contributed by atoms with E-state index in [4.69, 9.17) is 5.73 Å². The SMILES string of the molecule is Cc1ccc(C)c(-c2ccc(CN)cn2)c1. The van der Waals surface area contributed by atoms with Gasteiger partial charge in [0.2, 0.25) is 0 Å². The fourth-order valence-electron chi connectivity index (χ4n) is 1.72. The van der Waals surface area contributed by atoms with Gasteiger partial charge < -0.3 is 5.73 Å². The number of pyridine rings is 1. The molecule has 0 unspecified atom stereocenters. The zero-order valence-electron chi connectivity index (χ0n) is 9.70. The van der Waals surface area contributed by atoms with E-state index in [0.29, 0.717) is 6.54 Å². The van der Waals surface area contributed by atoms with E-state index >= 15 is 0 Å². The van der Waals surface area contributed by atoms with E-state index in [9.17, 15) is 0 Å². The predicted molar refractivity (Wildman–Crippen MR) is 67.0 cm³/mol. The second-order valence-electron chi connectivity index (χ2n) is 4.07. The monoisotopic (exact) mass is 212 g/mol. The molecule has 0 amide bonds. The number of aryl methyl sites for hydroxylation is 2. The molecular weight excluding hydrogens is 196 g/mol.